The van der Waals surface area contributed by atoms with Gasteiger partial charge in [0.2, 0.25) is 0 Å². The zero-order chi connectivity index (χ0) is 11.1. The molecule has 0 aromatic heterocycles. The maximum atomic E-state index is 13.4. The number of rotatable bonds is 3. The minimum atomic E-state index is -0.456. The third-order valence-electron chi connectivity index (χ3n) is 3.24. The van der Waals surface area contributed by atoms with Crippen molar-refractivity contribution in [2.24, 2.45) is 11.1 Å². The fraction of sp³-hybridized carbons (Fsp3) is 0.455. The van der Waals surface area contributed by atoms with E-state index < -0.39 is 17.0 Å². The van der Waals surface area contributed by atoms with Crippen LogP contribution in [0.4, 0.5) is 8.78 Å². The van der Waals surface area contributed by atoms with Crippen LogP contribution in [0, 0.1) is 17.0 Å². The highest BCUT2D eigenvalue weighted by molar-refractivity contribution is 5.32. The molecule has 0 radical (unpaired) electrons. The van der Waals surface area contributed by atoms with Gasteiger partial charge in [-0.25, -0.2) is 8.78 Å². The number of hydrogen-bond donors (Lipinski definition) is 2. The average molecular weight is 213 g/mol. The molecule has 1 saturated carbocycles. The quantitative estimate of drug-likeness (QED) is 0.797. The van der Waals surface area contributed by atoms with Gasteiger partial charge in [-0.3, -0.25) is 0 Å². The van der Waals surface area contributed by atoms with Crippen molar-refractivity contribution in [1.29, 1.82) is 0 Å². The van der Waals surface area contributed by atoms with Crippen molar-refractivity contribution in [1.82, 2.24) is 0 Å². The number of aliphatic hydroxyl groups excluding tert-OH is 1. The van der Waals surface area contributed by atoms with Gasteiger partial charge in [0.25, 0.3) is 0 Å². The van der Waals surface area contributed by atoms with E-state index in [1.165, 1.54) is 6.07 Å². The average Bonchev–Trinajstić information content (AvgIpc) is 2.97. The van der Waals surface area contributed by atoms with Crippen LogP contribution in [0.5, 0.6) is 0 Å². The van der Waals surface area contributed by atoms with Crippen LogP contribution >= 0.6 is 0 Å². The highest BCUT2D eigenvalue weighted by Crippen LogP contribution is 2.58. The molecular weight excluding hydrogens is 200 g/mol. The van der Waals surface area contributed by atoms with Crippen LogP contribution < -0.4 is 5.73 Å². The molecule has 3 N–H and O–H groups in total. The van der Waals surface area contributed by atoms with Crippen molar-refractivity contribution in [3.63, 3.8) is 0 Å². The van der Waals surface area contributed by atoms with Crippen molar-refractivity contribution in [3.05, 3.63) is 35.4 Å². The SMILES string of the molecule is NC[C@]1(CO)C[C@@H]1c1cc(F)ccc1F. The lowest BCUT2D eigenvalue weighted by molar-refractivity contribution is 0.211. The zero-order valence-electron chi connectivity index (χ0n) is 8.21. The standard InChI is InChI=1S/C11H13F2NO/c12-7-1-2-10(13)8(3-7)9-4-11(9,5-14)6-15/h1-3,9,15H,4-6,14H2/t9-,11+/m1/s1. The second-order valence-corrected chi connectivity index (χ2v) is 4.15. The smallest absolute Gasteiger partial charge is 0.126 e. The molecule has 0 heterocycles. The molecule has 15 heavy (non-hydrogen) atoms. The Morgan fingerprint density at radius 3 is 2.73 bits per heavy atom. The molecule has 1 aromatic carbocycles. The summed E-state index contributed by atoms with van der Waals surface area (Å²) in [6.07, 6.45) is 0.625. The minimum Gasteiger partial charge on any atom is -0.396 e. The summed E-state index contributed by atoms with van der Waals surface area (Å²) in [6.45, 7) is 0.217. The van der Waals surface area contributed by atoms with E-state index in [4.69, 9.17) is 10.8 Å². The van der Waals surface area contributed by atoms with Gasteiger partial charge in [-0.1, -0.05) is 0 Å². The Balaban J connectivity index is 2.29. The van der Waals surface area contributed by atoms with Gasteiger partial charge in [0.15, 0.2) is 0 Å². The summed E-state index contributed by atoms with van der Waals surface area (Å²) in [6, 6.07) is 3.39. The van der Waals surface area contributed by atoms with Gasteiger partial charge in [0, 0.05) is 12.0 Å². The third-order valence-corrected chi connectivity index (χ3v) is 3.24. The minimum absolute atomic E-state index is 0.0792. The normalized spacial score (nSPS) is 29.2. The lowest BCUT2D eigenvalue weighted by Crippen LogP contribution is -2.21. The molecule has 1 aromatic rings. The second kappa shape index (κ2) is 3.54. The number of benzene rings is 1. The van der Waals surface area contributed by atoms with Gasteiger partial charge < -0.3 is 10.8 Å². The summed E-state index contributed by atoms with van der Waals surface area (Å²) in [5, 5.41) is 9.15. The topological polar surface area (TPSA) is 46.2 Å². The summed E-state index contributed by atoms with van der Waals surface area (Å²) in [5.41, 5.74) is 5.41. The van der Waals surface area contributed by atoms with Gasteiger partial charge in [-0.05, 0) is 36.1 Å². The molecule has 1 aliphatic rings. The predicted octanol–water partition coefficient (Wildman–Crippen LogP) is 1.39. The van der Waals surface area contributed by atoms with Crippen molar-refractivity contribution in [3.8, 4) is 0 Å². The first-order chi connectivity index (χ1) is 7.13. The predicted molar refractivity (Wildman–Crippen MR) is 52.3 cm³/mol. The van der Waals surface area contributed by atoms with Gasteiger partial charge >= 0.3 is 0 Å². The Kier molecular flexibility index (Phi) is 2.48. The molecule has 1 aliphatic carbocycles. The van der Waals surface area contributed by atoms with Crippen LogP contribution in [0.3, 0.4) is 0 Å². The molecule has 2 nitrogen and oxygen atoms in total. The largest absolute Gasteiger partial charge is 0.396 e. The van der Waals surface area contributed by atoms with E-state index in [0.29, 0.717) is 18.5 Å². The number of halogens is 2. The summed E-state index contributed by atoms with van der Waals surface area (Å²) in [4.78, 5) is 0. The van der Waals surface area contributed by atoms with Crippen molar-refractivity contribution in [2.75, 3.05) is 13.2 Å². The van der Waals surface area contributed by atoms with Crippen LogP contribution in [0.15, 0.2) is 18.2 Å². The fourth-order valence-corrected chi connectivity index (χ4v) is 2.03. The lowest BCUT2D eigenvalue weighted by atomic mass is 9.99. The summed E-state index contributed by atoms with van der Waals surface area (Å²) in [7, 11) is 0. The van der Waals surface area contributed by atoms with E-state index in [1.807, 2.05) is 0 Å². The molecule has 0 saturated heterocycles. The Morgan fingerprint density at radius 2 is 2.20 bits per heavy atom. The summed E-state index contributed by atoms with van der Waals surface area (Å²) < 4.78 is 26.3. The first-order valence-electron chi connectivity index (χ1n) is 4.89. The van der Waals surface area contributed by atoms with Gasteiger partial charge in [-0.15, -0.1) is 0 Å². The highest BCUT2D eigenvalue weighted by Gasteiger charge is 2.54. The molecule has 0 bridgehead atoms. The highest BCUT2D eigenvalue weighted by atomic mass is 19.1. The zero-order valence-corrected chi connectivity index (χ0v) is 8.21. The number of hydrogen-bond acceptors (Lipinski definition) is 2. The van der Waals surface area contributed by atoms with Crippen molar-refractivity contribution in [2.45, 2.75) is 12.3 Å². The van der Waals surface area contributed by atoms with Crippen LogP contribution in [0.2, 0.25) is 0 Å². The van der Waals surface area contributed by atoms with Gasteiger partial charge in [0.1, 0.15) is 11.6 Å². The molecule has 0 unspecified atom stereocenters. The fourth-order valence-electron chi connectivity index (χ4n) is 2.03. The first kappa shape index (κ1) is 10.5. The number of aliphatic hydroxyl groups is 1. The van der Waals surface area contributed by atoms with Gasteiger partial charge in [-0.2, -0.15) is 0 Å². The maximum absolute atomic E-state index is 13.4. The second-order valence-electron chi connectivity index (χ2n) is 4.15. The third kappa shape index (κ3) is 1.64. The molecule has 1 fully saturated rings. The van der Waals surface area contributed by atoms with Crippen LogP contribution in [0.25, 0.3) is 0 Å². The molecule has 2 atom stereocenters. The van der Waals surface area contributed by atoms with Gasteiger partial charge in [0.05, 0.1) is 6.61 Å². The van der Waals surface area contributed by atoms with E-state index in [2.05, 4.69) is 0 Å². The molecule has 2 rings (SSSR count). The Morgan fingerprint density at radius 1 is 1.47 bits per heavy atom. The monoisotopic (exact) mass is 213 g/mol. The molecule has 0 amide bonds. The Labute approximate surface area is 86.7 Å². The van der Waals surface area contributed by atoms with E-state index in [-0.39, 0.29) is 12.5 Å². The molecule has 0 spiro atoms. The Bertz CT molecular complexity index is 377. The maximum Gasteiger partial charge on any atom is 0.126 e. The molecular formula is C11H13F2NO. The van der Waals surface area contributed by atoms with Crippen LogP contribution in [-0.2, 0) is 0 Å². The Hall–Kier alpha value is -1.00. The first-order valence-corrected chi connectivity index (χ1v) is 4.89. The molecule has 0 aliphatic heterocycles. The van der Waals surface area contributed by atoms with Crippen molar-refractivity contribution >= 4 is 0 Å². The van der Waals surface area contributed by atoms with E-state index >= 15 is 0 Å². The summed E-state index contributed by atoms with van der Waals surface area (Å²) in [5.74, 6) is -1.03. The van der Waals surface area contributed by atoms with Crippen molar-refractivity contribution < 1.29 is 13.9 Å². The number of nitrogens with two attached hydrogens (primary N) is 1. The molecule has 82 valence electrons. The lowest BCUT2D eigenvalue weighted by Gasteiger charge is -2.11. The van der Waals surface area contributed by atoms with E-state index in [1.54, 1.807) is 0 Å². The molecule has 4 heteroatoms. The van der Waals surface area contributed by atoms with Crippen LogP contribution in [0.1, 0.15) is 17.9 Å². The van der Waals surface area contributed by atoms with E-state index in [9.17, 15) is 8.78 Å². The van der Waals surface area contributed by atoms with E-state index in [0.717, 1.165) is 12.1 Å². The summed E-state index contributed by atoms with van der Waals surface area (Å²) >= 11 is 0. The van der Waals surface area contributed by atoms with Crippen LogP contribution in [-0.4, -0.2) is 18.3 Å².